The average Bonchev–Trinajstić information content (AvgIpc) is 2.98. The third-order valence-corrected chi connectivity index (χ3v) is 7.01. The Morgan fingerprint density at radius 3 is 2.41 bits per heavy atom. The van der Waals surface area contributed by atoms with E-state index in [1.807, 2.05) is 45.9 Å². The van der Waals surface area contributed by atoms with Gasteiger partial charge in [0.05, 0.1) is 24.4 Å². The van der Waals surface area contributed by atoms with Crippen LogP contribution in [0.15, 0.2) is 44.7 Å². The zero-order valence-corrected chi connectivity index (χ0v) is 22.6. The van der Waals surface area contributed by atoms with Gasteiger partial charge in [0.2, 0.25) is 0 Å². The van der Waals surface area contributed by atoms with Gasteiger partial charge in [-0.2, -0.15) is 0 Å². The monoisotopic (exact) mass is 574 g/mol. The lowest BCUT2D eigenvalue weighted by Gasteiger charge is -2.20. The molecule has 3 rings (SSSR count). The van der Waals surface area contributed by atoms with Gasteiger partial charge in [0, 0.05) is 12.1 Å². The molecule has 170 valence electrons. The highest BCUT2D eigenvalue weighted by Crippen LogP contribution is 2.38. The van der Waals surface area contributed by atoms with E-state index in [0.717, 1.165) is 16.3 Å². The van der Waals surface area contributed by atoms with E-state index in [0.29, 0.717) is 30.2 Å². The van der Waals surface area contributed by atoms with Crippen molar-refractivity contribution in [3.8, 4) is 5.75 Å². The Hall–Kier alpha value is -1.18. The predicted molar refractivity (Wildman–Crippen MR) is 140 cm³/mol. The predicted octanol–water partition coefficient (Wildman–Crippen LogP) is 8.08. The number of aliphatic imine (C=N–C) groups is 1. The van der Waals surface area contributed by atoms with Crippen molar-refractivity contribution in [2.24, 2.45) is 4.99 Å². The molecule has 0 atom stereocenters. The van der Waals surface area contributed by atoms with E-state index in [9.17, 15) is 4.79 Å². The van der Waals surface area contributed by atoms with Gasteiger partial charge in [0.25, 0.3) is 5.91 Å². The van der Waals surface area contributed by atoms with Crippen LogP contribution in [0, 0.1) is 0 Å². The molecular weight excluding hydrogens is 555 g/mol. The number of halogens is 4. The first kappa shape index (κ1) is 25.4. The SMILES string of the molecule is CC(C)N=C1S/C(=C/c2cc(Cl)c(OCc3ccc(Cl)c(Cl)c3)c(Br)c2)C(=O)N1C(C)C. The van der Waals surface area contributed by atoms with Crippen LogP contribution in [-0.4, -0.2) is 28.1 Å². The smallest absolute Gasteiger partial charge is 0.266 e. The standard InChI is InChI=1S/C23H22BrCl3N2O2S/c1-12(2)28-23-29(13(3)4)22(30)20(32-23)10-15-7-16(24)21(19(27)9-15)31-11-14-5-6-17(25)18(26)8-14/h5-10,12-13H,11H2,1-4H3/b20-10+,28-23?. The van der Waals surface area contributed by atoms with E-state index in [-0.39, 0.29) is 24.6 Å². The van der Waals surface area contributed by atoms with E-state index < -0.39 is 0 Å². The number of thioether (sulfide) groups is 1. The molecule has 0 N–H and O–H groups in total. The number of ether oxygens (including phenoxy) is 1. The van der Waals surface area contributed by atoms with Gasteiger partial charge in [0.15, 0.2) is 10.9 Å². The minimum atomic E-state index is -0.0587. The molecule has 1 aliphatic heterocycles. The summed E-state index contributed by atoms with van der Waals surface area (Å²) in [6, 6.07) is 9.08. The molecule has 4 nitrogen and oxygen atoms in total. The minimum absolute atomic E-state index is 0.0193. The van der Waals surface area contributed by atoms with E-state index in [1.54, 1.807) is 23.1 Å². The van der Waals surface area contributed by atoms with E-state index in [1.165, 1.54) is 11.8 Å². The van der Waals surface area contributed by atoms with Crippen molar-refractivity contribution in [3.05, 3.63) is 65.9 Å². The summed E-state index contributed by atoms with van der Waals surface area (Å²) in [5.74, 6) is 0.452. The lowest BCUT2D eigenvalue weighted by Crippen LogP contribution is -2.35. The third kappa shape index (κ3) is 6.03. The molecule has 32 heavy (non-hydrogen) atoms. The molecule has 2 aromatic carbocycles. The highest BCUT2D eigenvalue weighted by molar-refractivity contribution is 9.10. The van der Waals surface area contributed by atoms with Crippen LogP contribution in [0.2, 0.25) is 15.1 Å². The number of amides is 1. The van der Waals surface area contributed by atoms with Gasteiger partial charge in [-0.15, -0.1) is 0 Å². The second-order valence-corrected chi connectivity index (χ2v) is 10.8. The molecule has 0 spiro atoms. The number of carbonyl (C=O) groups excluding carboxylic acids is 1. The normalized spacial score (nSPS) is 16.8. The summed E-state index contributed by atoms with van der Waals surface area (Å²) in [5.41, 5.74) is 1.65. The van der Waals surface area contributed by atoms with Crippen molar-refractivity contribution in [3.63, 3.8) is 0 Å². The molecule has 1 amide bonds. The molecule has 0 radical (unpaired) electrons. The number of amidine groups is 1. The number of carbonyl (C=O) groups is 1. The van der Waals surface area contributed by atoms with Crippen LogP contribution in [-0.2, 0) is 11.4 Å². The fourth-order valence-corrected chi connectivity index (χ4v) is 5.53. The van der Waals surface area contributed by atoms with Gasteiger partial charge in [-0.25, -0.2) is 0 Å². The van der Waals surface area contributed by atoms with Gasteiger partial charge in [0.1, 0.15) is 6.61 Å². The minimum Gasteiger partial charge on any atom is -0.486 e. The largest absolute Gasteiger partial charge is 0.486 e. The fraction of sp³-hybridized carbons (Fsp3) is 0.304. The van der Waals surface area contributed by atoms with Crippen LogP contribution in [0.5, 0.6) is 5.75 Å². The number of hydrogen-bond donors (Lipinski definition) is 0. The first-order valence-electron chi connectivity index (χ1n) is 9.93. The number of nitrogens with zero attached hydrogens (tertiary/aromatic N) is 2. The van der Waals surface area contributed by atoms with Crippen molar-refractivity contribution in [1.29, 1.82) is 0 Å². The number of hydrogen-bond acceptors (Lipinski definition) is 4. The molecule has 1 heterocycles. The maximum Gasteiger partial charge on any atom is 0.266 e. The Balaban J connectivity index is 1.83. The average molecular weight is 577 g/mol. The van der Waals surface area contributed by atoms with Crippen molar-refractivity contribution < 1.29 is 9.53 Å². The van der Waals surface area contributed by atoms with Gasteiger partial charge >= 0.3 is 0 Å². The summed E-state index contributed by atoms with van der Waals surface area (Å²) in [5, 5.41) is 2.11. The Labute approximate surface area is 216 Å². The summed E-state index contributed by atoms with van der Waals surface area (Å²) in [6.07, 6.45) is 1.82. The van der Waals surface area contributed by atoms with Crippen LogP contribution in [0.25, 0.3) is 6.08 Å². The topological polar surface area (TPSA) is 41.9 Å². The fourth-order valence-electron chi connectivity index (χ4n) is 2.99. The zero-order valence-electron chi connectivity index (χ0n) is 18.0. The molecule has 0 saturated carbocycles. The Bertz CT molecular complexity index is 1080. The van der Waals surface area contributed by atoms with Gasteiger partial charge in [-0.1, -0.05) is 40.9 Å². The van der Waals surface area contributed by atoms with Crippen LogP contribution in [0.4, 0.5) is 0 Å². The molecule has 9 heteroatoms. The van der Waals surface area contributed by atoms with Gasteiger partial charge in [-0.05, 0) is 96.9 Å². The summed E-state index contributed by atoms with van der Waals surface area (Å²) in [7, 11) is 0. The maximum absolute atomic E-state index is 13.0. The lowest BCUT2D eigenvalue weighted by molar-refractivity contribution is -0.123. The molecule has 0 aliphatic carbocycles. The molecule has 0 aromatic heterocycles. The second kappa shape index (κ2) is 10.8. The maximum atomic E-state index is 13.0. The lowest BCUT2D eigenvalue weighted by atomic mass is 10.2. The van der Waals surface area contributed by atoms with Crippen LogP contribution >= 0.6 is 62.5 Å². The van der Waals surface area contributed by atoms with E-state index >= 15 is 0 Å². The zero-order chi connectivity index (χ0) is 23.6. The van der Waals surface area contributed by atoms with Crippen LogP contribution in [0.3, 0.4) is 0 Å². The van der Waals surface area contributed by atoms with Crippen molar-refractivity contribution in [2.75, 3.05) is 0 Å². The molecule has 1 fully saturated rings. The van der Waals surface area contributed by atoms with E-state index in [2.05, 4.69) is 20.9 Å². The van der Waals surface area contributed by atoms with E-state index in [4.69, 9.17) is 39.5 Å². The second-order valence-electron chi connectivity index (χ2n) is 7.74. The highest BCUT2D eigenvalue weighted by Gasteiger charge is 2.35. The van der Waals surface area contributed by atoms with Crippen molar-refractivity contribution in [1.82, 2.24) is 4.90 Å². The highest BCUT2D eigenvalue weighted by atomic mass is 79.9. The molecule has 1 aliphatic rings. The summed E-state index contributed by atoms with van der Waals surface area (Å²) in [6.45, 7) is 8.22. The van der Waals surface area contributed by atoms with Crippen molar-refractivity contribution in [2.45, 2.75) is 46.4 Å². The van der Waals surface area contributed by atoms with Crippen LogP contribution in [0.1, 0.15) is 38.8 Å². The summed E-state index contributed by atoms with van der Waals surface area (Å²) in [4.78, 5) is 19.9. The van der Waals surface area contributed by atoms with Crippen LogP contribution < -0.4 is 4.74 Å². The number of benzene rings is 2. The van der Waals surface area contributed by atoms with Gasteiger partial charge < -0.3 is 4.74 Å². The Morgan fingerprint density at radius 2 is 1.81 bits per heavy atom. The summed E-state index contributed by atoms with van der Waals surface area (Å²) >= 11 is 23.4. The first-order chi connectivity index (χ1) is 15.1. The third-order valence-electron chi connectivity index (χ3n) is 4.41. The Kier molecular flexibility index (Phi) is 8.61. The molecular formula is C23H22BrCl3N2O2S. The first-order valence-corrected chi connectivity index (χ1v) is 12.7. The van der Waals surface area contributed by atoms with Crippen molar-refractivity contribution >= 4 is 79.6 Å². The number of rotatable bonds is 6. The molecule has 0 unspecified atom stereocenters. The van der Waals surface area contributed by atoms with Gasteiger partial charge in [-0.3, -0.25) is 14.7 Å². The summed E-state index contributed by atoms with van der Waals surface area (Å²) < 4.78 is 6.59. The molecule has 0 bridgehead atoms. The quantitative estimate of drug-likeness (QED) is 0.327. The Morgan fingerprint density at radius 1 is 1.09 bits per heavy atom. The molecule has 2 aromatic rings. The molecule has 1 saturated heterocycles.